The molecule has 1 aromatic carbocycles. The molecule has 0 spiro atoms. The van der Waals surface area contributed by atoms with Gasteiger partial charge in [-0.15, -0.1) is 10.2 Å². The van der Waals surface area contributed by atoms with E-state index in [1.807, 2.05) is 0 Å². The van der Waals surface area contributed by atoms with Gasteiger partial charge in [-0.1, -0.05) is 0 Å². The largest absolute Gasteiger partial charge is 0.443 e. The number of hydrogen-bond acceptors (Lipinski definition) is 8. The molecule has 1 aliphatic heterocycles. The van der Waals surface area contributed by atoms with Crippen LogP contribution in [0.15, 0.2) is 34.9 Å². The summed E-state index contributed by atoms with van der Waals surface area (Å²) in [6, 6.07) is 5.87. The van der Waals surface area contributed by atoms with Gasteiger partial charge in [-0.2, -0.15) is 0 Å². The van der Waals surface area contributed by atoms with Crippen molar-refractivity contribution in [2.45, 2.75) is 19.3 Å². The molecule has 2 aromatic heterocycles. The molecule has 0 aliphatic carbocycles. The Bertz CT molecular complexity index is 938. The zero-order valence-corrected chi connectivity index (χ0v) is 13.2. The van der Waals surface area contributed by atoms with E-state index in [1.54, 1.807) is 0 Å². The third kappa shape index (κ3) is 3.24. The van der Waals surface area contributed by atoms with E-state index in [0.29, 0.717) is 12.1 Å². The summed E-state index contributed by atoms with van der Waals surface area (Å²) in [6.07, 6.45) is 0.946. The Morgan fingerprint density at radius 2 is 2.15 bits per heavy atom. The molecule has 3 heterocycles. The molecular formula is C15H12FN5O5. The number of imidazole rings is 1. The summed E-state index contributed by atoms with van der Waals surface area (Å²) in [7, 11) is 0. The van der Waals surface area contributed by atoms with Crippen molar-refractivity contribution in [1.82, 2.24) is 19.7 Å². The Hall–Kier alpha value is -3.34. The van der Waals surface area contributed by atoms with Crippen molar-refractivity contribution in [3.63, 3.8) is 0 Å². The summed E-state index contributed by atoms with van der Waals surface area (Å²) in [5.74, 6) is -0.113. The van der Waals surface area contributed by atoms with Crippen LogP contribution in [0.2, 0.25) is 0 Å². The maximum absolute atomic E-state index is 12.9. The topological polar surface area (TPSA) is 118 Å². The number of halogens is 1. The molecule has 26 heavy (non-hydrogen) atoms. The van der Waals surface area contributed by atoms with E-state index >= 15 is 0 Å². The molecule has 134 valence electrons. The molecule has 1 aliphatic rings. The number of benzene rings is 1. The van der Waals surface area contributed by atoms with Crippen molar-refractivity contribution in [3.8, 4) is 17.5 Å². The molecule has 1 atom stereocenters. The lowest BCUT2D eigenvalue weighted by Crippen LogP contribution is -2.32. The first-order chi connectivity index (χ1) is 12.6. The van der Waals surface area contributed by atoms with Gasteiger partial charge >= 0.3 is 11.8 Å². The van der Waals surface area contributed by atoms with Crippen molar-refractivity contribution in [2.75, 3.05) is 6.61 Å². The molecule has 4 rings (SSSR count). The minimum Gasteiger partial charge on any atom is -0.443 e. The van der Waals surface area contributed by atoms with E-state index in [4.69, 9.17) is 13.9 Å². The molecule has 0 N–H and O–H groups in total. The molecule has 11 heteroatoms. The third-order valence-corrected chi connectivity index (χ3v) is 3.71. The van der Waals surface area contributed by atoms with E-state index < -0.39 is 4.92 Å². The van der Waals surface area contributed by atoms with Gasteiger partial charge in [0.2, 0.25) is 11.8 Å². The summed E-state index contributed by atoms with van der Waals surface area (Å²) in [4.78, 5) is 13.9. The van der Waals surface area contributed by atoms with Crippen LogP contribution in [0.1, 0.15) is 5.89 Å². The van der Waals surface area contributed by atoms with E-state index in [9.17, 15) is 14.5 Å². The third-order valence-electron chi connectivity index (χ3n) is 3.71. The number of aromatic nitrogens is 4. The monoisotopic (exact) mass is 361 g/mol. The van der Waals surface area contributed by atoms with Crippen LogP contribution < -0.4 is 4.74 Å². The van der Waals surface area contributed by atoms with Gasteiger partial charge in [0, 0.05) is 10.5 Å². The van der Waals surface area contributed by atoms with Gasteiger partial charge < -0.3 is 24.0 Å². The van der Waals surface area contributed by atoms with Crippen LogP contribution in [0.3, 0.4) is 0 Å². The fraction of sp³-hybridized carbons (Fsp3) is 0.267. The number of nitro groups is 1. The van der Waals surface area contributed by atoms with Gasteiger partial charge in [0.25, 0.3) is 0 Å². The van der Waals surface area contributed by atoms with E-state index in [1.165, 1.54) is 35.0 Å². The number of hydrogen-bond donors (Lipinski definition) is 0. The SMILES string of the molecule is O=[N+]([O-])c1cn2c(n1)OC[C@@H](OCc1nnc(-c3ccc(F)cc3)o1)C2. The maximum Gasteiger partial charge on any atom is 0.414 e. The zero-order valence-electron chi connectivity index (χ0n) is 13.2. The highest BCUT2D eigenvalue weighted by atomic mass is 19.1. The lowest BCUT2D eigenvalue weighted by Gasteiger charge is -2.21. The van der Waals surface area contributed by atoms with Crippen molar-refractivity contribution >= 4 is 5.82 Å². The Balaban J connectivity index is 1.37. The van der Waals surface area contributed by atoms with Gasteiger partial charge in [-0.05, 0) is 29.2 Å². The Labute approximate surface area is 145 Å². The quantitative estimate of drug-likeness (QED) is 0.500. The van der Waals surface area contributed by atoms with Gasteiger partial charge in [0.15, 0.2) is 0 Å². The highest BCUT2D eigenvalue weighted by Gasteiger charge is 2.28. The molecule has 0 unspecified atom stereocenters. The second kappa shape index (κ2) is 6.52. The highest BCUT2D eigenvalue weighted by molar-refractivity contribution is 5.51. The molecule has 0 saturated carbocycles. The molecule has 0 radical (unpaired) electrons. The minimum absolute atomic E-state index is 0.0499. The van der Waals surface area contributed by atoms with E-state index in [2.05, 4.69) is 15.2 Å². The summed E-state index contributed by atoms with van der Waals surface area (Å²) in [6.45, 7) is 0.608. The van der Waals surface area contributed by atoms with Gasteiger partial charge in [0.1, 0.15) is 31.3 Å². The molecule has 10 nitrogen and oxygen atoms in total. The molecule has 0 amide bonds. The van der Waals surface area contributed by atoms with Gasteiger partial charge in [0.05, 0.1) is 6.54 Å². The first-order valence-corrected chi connectivity index (χ1v) is 7.63. The fourth-order valence-electron chi connectivity index (χ4n) is 2.47. The summed E-state index contributed by atoms with van der Waals surface area (Å²) in [5, 5.41) is 18.5. The molecule has 3 aromatic rings. The van der Waals surface area contributed by atoms with Crippen molar-refractivity contribution < 1.29 is 23.2 Å². The average molecular weight is 361 g/mol. The lowest BCUT2D eigenvalue weighted by atomic mass is 10.2. The first-order valence-electron chi connectivity index (χ1n) is 7.63. The first kappa shape index (κ1) is 16.1. The molecular weight excluding hydrogens is 349 g/mol. The van der Waals surface area contributed by atoms with Gasteiger partial charge in [-0.3, -0.25) is 4.57 Å². The Morgan fingerprint density at radius 3 is 2.92 bits per heavy atom. The summed E-state index contributed by atoms with van der Waals surface area (Å²) < 4.78 is 31.0. The number of rotatable bonds is 5. The van der Waals surface area contributed by atoms with E-state index in [0.717, 1.165) is 0 Å². The normalized spacial score (nSPS) is 16.1. The van der Waals surface area contributed by atoms with Crippen LogP contribution in [0.4, 0.5) is 10.2 Å². The predicted molar refractivity (Wildman–Crippen MR) is 82.6 cm³/mol. The second-order valence-corrected chi connectivity index (χ2v) is 5.54. The van der Waals surface area contributed by atoms with E-state index in [-0.39, 0.29) is 48.7 Å². The van der Waals surface area contributed by atoms with Crippen LogP contribution in [-0.4, -0.2) is 37.4 Å². The van der Waals surface area contributed by atoms with Crippen LogP contribution >= 0.6 is 0 Å². The second-order valence-electron chi connectivity index (χ2n) is 5.54. The summed E-state index contributed by atoms with van der Waals surface area (Å²) in [5.41, 5.74) is 0.599. The Kier molecular flexibility index (Phi) is 4.05. The fourth-order valence-corrected chi connectivity index (χ4v) is 2.47. The smallest absolute Gasteiger partial charge is 0.414 e. The predicted octanol–water partition coefficient (Wildman–Crippen LogP) is 1.96. The summed E-state index contributed by atoms with van der Waals surface area (Å²) >= 11 is 0. The van der Waals surface area contributed by atoms with Crippen LogP contribution in [-0.2, 0) is 17.9 Å². The van der Waals surface area contributed by atoms with Crippen molar-refractivity contribution in [1.29, 1.82) is 0 Å². The Morgan fingerprint density at radius 1 is 1.35 bits per heavy atom. The van der Waals surface area contributed by atoms with Crippen LogP contribution in [0.25, 0.3) is 11.5 Å². The van der Waals surface area contributed by atoms with Crippen LogP contribution in [0, 0.1) is 15.9 Å². The van der Waals surface area contributed by atoms with Crippen LogP contribution in [0.5, 0.6) is 6.01 Å². The van der Waals surface area contributed by atoms with Gasteiger partial charge in [-0.25, -0.2) is 4.39 Å². The zero-order chi connectivity index (χ0) is 18.1. The standard InChI is InChI=1S/C15H12FN5O5/c16-10-3-1-9(2-4-10)14-19-18-13(26-14)8-24-11-5-20-6-12(21(22)23)17-15(20)25-7-11/h1-4,6,11H,5,7-8H2/t11-/m0/s1. The minimum atomic E-state index is -0.583. The average Bonchev–Trinajstić information content (AvgIpc) is 3.27. The highest BCUT2D eigenvalue weighted by Crippen LogP contribution is 2.23. The molecule has 0 fully saturated rings. The van der Waals surface area contributed by atoms with Crippen molar-refractivity contribution in [2.24, 2.45) is 0 Å². The number of ether oxygens (including phenoxy) is 2. The number of nitrogens with zero attached hydrogens (tertiary/aromatic N) is 5. The van der Waals surface area contributed by atoms with Crippen molar-refractivity contribution in [3.05, 3.63) is 52.3 Å². The molecule has 0 saturated heterocycles. The maximum atomic E-state index is 12.9. The lowest BCUT2D eigenvalue weighted by molar-refractivity contribution is -0.389. The number of fused-ring (bicyclic) bond motifs is 1. The molecule has 0 bridgehead atoms.